The molecular weight excluding hydrogens is 447 g/mol. The van der Waals surface area contributed by atoms with E-state index in [1.807, 2.05) is 0 Å². The van der Waals surface area contributed by atoms with Gasteiger partial charge in [0.25, 0.3) is 5.69 Å². The summed E-state index contributed by atoms with van der Waals surface area (Å²) in [5.74, 6) is 1.32. The van der Waals surface area contributed by atoms with E-state index in [0.717, 1.165) is 50.7 Å². The van der Waals surface area contributed by atoms with Crippen molar-refractivity contribution in [2.75, 3.05) is 26.3 Å². The number of ether oxygens (including phenoxy) is 1. The molecule has 0 bridgehead atoms. The van der Waals surface area contributed by atoms with Gasteiger partial charge in [0, 0.05) is 37.7 Å². The largest absolute Gasteiger partial charge is 0.381 e. The normalized spacial score (nSPS) is 16.8. The van der Waals surface area contributed by atoms with Crippen molar-refractivity contribution < 1.29 is 9.66 Å². The highest BCUT2D eigenvalue weighted by molar-refractivity contribution is 14.0. The Morgan fingerprint density at radius 3 is 2.69 bits per heavy atom. The first-order chi connectivity index (χ1) is 12.2. The molecule has 0 radical (unpaired) electrons. The van der Waals surface area contributed by atoms with Crippen LogP contribution in [0.5, 0.6) is 0 Å². The van der Waals surface area contributed by atoms with Crippen LogP contribution in [-0.2, 0) is 11.3 Å². The van der Waals surface area contributed by atoms with Gasteiger partial charge in [-0.1, -0.05) is 31.9 Å². The van der Waals surface area contributed by atoms with E-state index in [-0.39, 0.29) is 34.6 Å². The van der Waals surface area contributed by atoms with Gasteiger partial charge in [0.2, 0.25) is 0 Å². The molecule has 1 heterocycles. The third kappa shape index (κ3) is 8.31. The van der Waals surface area contributed by atoms with E-state index in [1.165, 1.54) is 25.0 Å². The van der Waals surface area contributed by atoms with Crippen LogP contribution in [0, 0.1) is 16.0 Å². The molecule has 1 aromatic rings. The number of guanidine groups is 1. The van der Waals surface area contributed by atoms with Crippen molar-refractivity contribution >= 4 is 35.6 Å². The maximum atomic E-state index is 10.7. The summed E-state index contributed by atoms with van der Waals surface area (Å²) in [4.78, 5) is 14.9. The molecule has 146 valence electrons. The van der Waals surface area contributed by atoms with Crippen molar-refractivity contribution in [3.63, 3.8) is 0 Å². The molecule has 1 fully saturated rings. The van der Waals surface area contributed by atoms with Gasteiger partial charge in [0.05, 0.1) is 18.1 Å². The van der Waals surface area contributed by atoms with Gasteiger partial charge in [-0.25, -0.2) is 4.99 Å². The van der Waals surface area contributed by atoms with Gasteiger partial charge in [-0.05, 0) is 18.4 Å². The van der Waals surface area contributed by atoms with Gasteiger partial charge in [0.15, 0.2) is 5.96 Å². The minimum absolute atomic E-state index is 0. The number of nitro benzene ring substituents is 1. The second-order valence-corrected chi connectivity index (χ2v) is 6.33. The fourth-order valence-corrected chi connectivity index (χ4v) is 2.63. The third-order valence-corrected chi connectivity index (χ3v) is 4.22. The zero-order chi connectivity index (χ0) is 17.9. The third-order valence-electron chi connectivity index (χ3n) is 4.22. The maximum Gasteiger partial charge on any atom is 0.269 e. The van der Waals surface area contributed by atoms with E-state index < -0.39 is 0 Å². The number of nitrogens with one attached hydrogen (secondary N) is 2. The fraction of sp³-hybridized carbons (Fsp3) is 0.611. The van der Waals surface area contributed by atoms with Gasteiger partial charge in [-0.15, -0.1) is 24.0 Å². The van der Waals surface area contributed by atoms with Gasteiger partial charge in [-0.2, -0.15) is 0 Å². The highest BCUT2D eigenvalue weighted by atomic mass is 127. The first-order valence-electron chi connectivity index (χ1n) is 9.02. The molecule has 26 heavy (non-hydrogen) atoms. The molecule has 2 rings (SSSR count). The summed E-state index contributed by atoms with van der Waals surface area (Å²) in [5.41, 5.74) is 1.05. The first-order valence-corrected chi connectivity index (χ1v) is 9.02. The molecular formula is C18H29IN4O3. The molecule has 0 saturated carbocycles. The lowest BCUT2D eigenvalue weighted by Crippen LogP contribution is -2.40. The summed E-state index contributed by atoms with van der Waals surface area (Å²) < 4.78 is 5.41. The van der Waals surface area contributed by atoms with E-state index >= 15 is 0 Å². The monoisotopic (exact) mass is 476 g/mol. The Labute approximate surface area is 172 Å². The van der Waals surface area contributed by atoms with Crippen LogP contribution < -0.4 is 10.6 Å². The molecule has 1 unspecified atom stereocenters. The molecule has 0 spiro atoms. The predicted molar refractivity (Wildman–Crippen MR) is 114 cm³/mol. The number of hydrogen-bond donors (Lipinski definition) is 2. The summed E-state index contributed by atoms with van der Waals surface area (Å²) in [6.07, 6.45) is 4.57. The number of hydrogen-bond acceptors (Lipinski definition) is 4. The zero-order valence-corrected chi connectivity index (χ0v) is 17.6. The minimum Gasteiger partial charge on any atom is -0.381 e. The molecule has 1 saturated heterocycles. The molecule has 7 nitrogen and oxygen atoms in total. The lowest BCUT2D eigenvalue weighted by molar-refractivity contribution is -0.384. The van der Waals surface area contributed by atoms with E-state index in [4.69, 9.17) is 4.74 Å². The topological polar surface area (TPSA) is 88.8 Å². The minimum atomic E-state index is -0.390. The number of halogens is 1. The highest BCUT2D eigenvalue weighted by Crippen LogP contribution is 2.13. The van der Waals surface area contributed by atoms with Gasteiger partial charge in [-0.3, -0.25) is 10.1 Å². The Morgan fingerprint density at radius 2 is 2.08 bits per heavy atom. The lowest BCUT2D eigenvalue weighted by Gasteiger charge is -2.15. The fourth-order valence-electron chi connectivity index (χ4n) is 2.63. The number of unbranched alkanes of at least 4 members (excludes halogenated alkanes) is 2. The average Bonchev–Trinajstić information content (AvgIpc) is 3.14. The summed E-state index contributed by atoms with van der Waals surface area (Å²) in [6, 6.07) is 6.54. The van der Waals surface area contributed by atoms with Crippen LogP contribution in [0.15, 0.2) is 29.3 Å². The lowest BCUT2D eigenvalue weighted by atomic mass is 10.1. The zero-order valence-electron chi connectivity index (χ0n) is 15.3. The van der Waals surface area contributed by atoms with Crippen LogP contribution in [0.3, 0.4) is 0 Å². The SMILES string of the molecule is CCCCCNC(=NCc1ccc([N+](=O)[O-])cc1)NCC1CCOC1.I. The van der Waals surface area contributed by atoms with Crippen molar-refractivity contribution in [3.05, 3.63) is 39.9 Å². The van der Waals surface area contributed by atoms with Crippen LogP contribution in [0.2, 0.25) is 0 Å². The molecule has 0 aromatic heterocycles. The maximum absolute atomic E-state index is 10.7. The average molecular weight is 476 g/mol. The number of rotatable bonds is 9. The van der Waals surface area contributed by atoms with Crippen molar-refractivity contribution in [2.24, 2.45) is 10.9 Å². The molecule has 1 atom stereocenters. The Hall–Kier alpha value is -1.42. The molecule has 8 heteroatoms. The molecule has 2 N–H and O–H groups in total. The number of nitro groups is 1. The summed E-state index contributed by atoms with van der Waals surface area (Å²) in [7, 11) is 0. The second-order valence-electron chi connectivity index (χ2n) is 6.33. The van der Waals surface area contributed by atoms with Crippen LogP contribution >= 0.6 is 24.0 Å². The Kier molecular flexibility index (Phi) is 11.2. The number of non-ortho nitro benzene ring substituents is 1. The van der Waals surface area contributed by atoms with Crippen LogP contribution in [0.4, 0.5) is 5.69 Å². The van der Waals surface area contributed by atoms with Gasteiger partial charge >= 0.3 is 0 Å². The molecule has 1 aliphatic rings. The summed E-state index contributed by atoms with van der Waals surface area (Å²) >= 11 is 0. The number of aliphatic imine (C=N–C) groups is 1. The molecule has 1 aliphatic heterocycles. The predicted octanol–water partition coefficient (Wildman–Crippen LogP) is 3.47. The number of nitrogens with zero attached hydrogens (tertiary/aromatic N) is 2. The van der Waals surface area contributed by atoms with E-state index in [1.54, 1.807) is 12.1 Å². The molecule has 0 aliphatic carbocycles. The smallest absolute Gasteiger partial charge is 0.269 e. The van der Waals surface area contributed by atoms with Gasteiger partial charge in [0.1, 0.15) is 0 Å². The summed E-state index contributed by atoms with van der Waals surface area (Å²) in [6.45, 7) is 6.05. The Morgan fingerprint density at radius 1 is 1.31 bits per heavy atom. The quantitative estimate of drug-likeness (QED) is 0.142. The van der Waals surface area contributed by atoms with Crippen molar-refractivity contribution in [2.45, 2.75) is 39.2 Å². The highest BCUT2D eigenvalue weighted by Gasteiger charge is 2.15. The number of benzene rings is 1. The van der Waals surface area contributed by atoms with Gasteiger partial charge < -0.3 is 15.4 Å². The Balaban J connectivity index is 0.00000338. The van der Waals surface area contributed by atoms with Crippen molar-refractivity contribution in [1.82, 2.24) is 10.6 Å². The van der Waals surface area contributed by atoms with E-state index in [0.29, 0.717) is 12.5 Å². The van der Waals surface area contributed by atoms with Crippen LogP contribution in [0.1, 0.15) is 38.2 Å². The molecule has 0 amide bonds. The van der Waals surface area contributed by atoms with E-state index in [9.17, 15) is 10.1 Å². The van der Waals surface area contributed by atoms with Crippen molar-refractivity contribution in [3.8, 4) is 0 Å². The first kappa shape index (κ1) is 22.6. The second kappa shape index (κ2) is 12.9. The van der Waals surface area contributed by atoms with Crippen LogP contribution in [-0.4, -0.2) is 37.2 Å². The van der Waals surface area contributed by atoms with Crippen LogP contribution in [0.25, 0.3) is 0 Å². The van der Waals surface area contributed by atoms with E-state index in [2.05, 4.69) is 22.5 Å². The molecule has 1 aromatic carbocycles. The standard InChI is InChI=1S/C18H28N4O3.HI/c1-2-3-4-10-19-18(21-13-16-9-11-25-14-16)20-12-15-5-7-17(8-6-15)22(23)24;/h5-8,16H,2-4,9-14H2,1H3,(H2,19,20,21);1H. The summed E-state index contributed by atoms with van der Waals surface area (Å²) in [5, 5.41) is 17.5. The van der Waals surface area contributed by atoms with Crippen molar-refractivity contribution in [1.29, 1.82) is 0 Å². The Bertz CT molecular complexity index is 560.